The van der Waals surface area contributed by atoms with E-state index in [1.165, 1.54) is 6.07 Å². The van der Waals surface area contributed by atoms with Gasteiger partial charge in [-0.1, -0.05) is 58.4 Å². The highest BCUT2D eigenvalue weighted by molar-refractivity contribution is 9.10. The predicted octanol–water partition coefficient (Wildman–Crippen LogP) is 4.80. The summed E-state index contributed by atoms with van der Waals surface area (Å²) in [6.45, 7) is 1.54. The summed E-state index contributed by atoms with van der Waals surface area (Å²) >= 11 is 3.50. The third-order valence-corrected chi connectivity index (χ3v) is 6.97. The molecule has 1 saturated heterocycles. The Balaban J connectivity index is 1.45. The van der Waals surface area contributed by atoms with E-state index in [2.05, 4.69) is 25.8 Å². The van der Waals surface area contributed by atoms with Crippen LogP contribution in [-0.4, -0.2) is 45.2 Å². The highest BCUT2D eigenvalue weighted by Crippen LogP contribution is 2.31. The van der Waals surface area contributed by atoms with E-state index in [4.69, 9.17) is 9.72 Å². The van der Waals surface area contributed by atoms with E-state index in [1.54, 1.807) is 28.9 Å². The van der Waals surface area contributed by atoms with Gasteiger partial charge in [-0.05, 0) is 35.4 Å². The highest BCUT2D eigenvalue weighted by Gasteiger charge is 2.33. The number of piperazine rings is 1. The lowest BCUT2D eigenvalue weighted by molar-refractivity contribution is 0.0886. The topological polar surface area (TPSA) is 80.6 Å². The molecule has 0 saturated carbocycles. The van der Waals surface area contributed by atoms with Crippen LogP contribution in [0, 0.1) is 0 Å². The summed E-state index contributed by atoms with van der Waals surface area (Å²) in [6, 6.07) is 22.6. The van der Waals surface area contributed by atoms with Gasteiger partial charge in [-0.25, -0.2) is 9.78 Å². The van der Waals surface area contributed by atoms with Gasteiger partial charge >= 0.3 is 6.09 Å². The number of halogens is 1. The maximum Gasteiger partial charge on any atom is 0.410 e. The largest absolute Gasteiger partial charge is 0.445 e. The molecule has 0 unspecified atom stereocenters. The van der Waals surface area contributed by atoms with E-state index >= 15 is 0 Å². The molecule has 3 heterocycles. The van der Waals surface area contributed by atoms with Crippen LogP contribution in [-0.2, 0) is 18.4 Å². The van der Waals surface area contributed by atoms with Crippen molar-refractivity contribution < 1.29 is 9.53 Å². The van der Waals surface area contributed by atoms with Crippen LogP contribution in [0.25, 0.3) is 11.3 Å². The first-order chi connectivity index (χ1) is 18.0. The maximum atomic E-state index is 13.0. The summed E-state index contributed by atoms with van der Waals surface area (Å²) in [5.74, 6) is 0.546. The van der Waals surface area contributed by atoms with Gasteiger partial charge < -0.3 is 14.5 Å². The van der Waals surface area contributed by atoms with Crippen LogP contribution in [0.3, 0.4) is 0 Å². The van der Waals surface area contributed by atoms with Gasteiger partial charge in [0, 0.05) is 55.2 Å². The molecule has 0 spiro atoms. The van der Waals surface area contributed by atoms with Crippen molar-refractivity contribution in [1.82, 2.24) is 19.4 Å². The molecular weight excluding hydrogens is 534 g/mol. The molecular formula is C28H26BrN5O3. The first kappa shape index (κ1) is 24.7. The molecule has 8 nitrogen and oxygen atoms in total. The zero-order chi connectivity index (χ0) is 25.8. The van der Waals surface area contributed by atoms with Gasteiger partial charge in [-0.3, -0.25) is 14.3 Å². The van der Waals surface area contributed by atoms with Crippen LogP contribution in [0.2, 0.25) is 0 Å². The van der Waals surface area contributed by atoms with Crippen molar-refractivity contribution in [2.45, 2.75) is 12.6 Å². The lowest BCUT2D eigenvalue weighted by Crippen LogP contribution is -2.52. The predicted molar refractivity (Wildman–Crippen MR) is 145 cm³/mol. The zero-order valence-electron chi connectivity index (χ0n) is 20.3. The van der Waals surface area contributed by atoms with Crippen LogP contribution in [0.5, 0.6) is 0 Å². The van der Waals surface area contributed by atoms with E-state index in [0.717, 1.165) is 21.2 Å². The molecule has 0 radical (unpaired) electrons. The van der Waals surface area contributed by atoms with E-state index in [9.17, 15) is 9.59 Å². The van der Waals surface area contributed by atoms with Crippen molar-refractivity contribution in [2.24, 2.45) is 7.05 Å². The van der Waals surface area contributed by atoms with Gasteiger partial charge in [0.15, 0.2) is 0 Å². The van der Waals surface area contributed by atoms with Crippen molar-refractivity contribution in [1.29, 1.82) is 0 Å². The molecule has 1 atom stereocenters. The molecule has 1 aliphatic heterocycles. The van der Waals surface area contributed by atoms with Gasteiger partial charge in [0.1, 0.15) is 6.61 Å². The number of ether oxygens (including phenoxy) is 1. The lowest BCUT2D eigenvalue weighted by Gasteiger charge is -2.42. The average molecular weight is 560 g/mol. The zero-order valence-corrected chi connectivity index (χ0v) is 21.9. The Morgan fingerprint density at radius 2 is 1.76 bits per heavy atom. The molecule has 4 aromatic rings. The third-order valence-electron chi connectivity index (χ3n) is 6.44. The molecule has 0 N–H and O–H groups in total. The van der Waals surface area contributed by atoms with E-state index in [-0.39, 0.29) is 24.3 Å². The second kappa shape index (κ2) is 11.0. The lowest BCUT2D eigenvalue weighted by atomic mass is 10.0. The van der Waals surface area contributed by atoms with Crippen LogP contribution in [0.4, 0.5) is 10.7 Å². The van der Waals surface area contributed by atoms with Crippen molar-refractivity contribution in [3.63, 3.8) is 0 Å². The molecule has 2 aromatic heterocycles. The first-order valence-corrected chi connectivity index (χ1v) is 12.7. The van der Waals surface area contributed by atoms with Gasteiger partial charge in [-0.2, -0.15) is 0 Å². The number of nitrogens with zero attached hydrogens (tertiary/aromatic N) is 5. The van der Waals surface area contributed by atoms with Crippen LogP contribution in [0.15, 0.2) is 94.5 Å². The summed E-state index contributed by atoms with van der Waals surface area (Å²) in [5.41, 5.74) is 3.19. The van der Waals surface area contributed by atoms with Gasteiger partial charge in [0.25, 0.3) is 5.56 Å². The molecule has 5 rings (SSSR count). The molecule has 37 heavy (non-hydrogen) atoms. The number of carbonyl (C=O) groups is 1. The minimum atomic E-state index is -0.363. The quantitative estimate of drug-likeness (QED) is 0.349. The highest BCUT2D eigenvalue weighted by atomic mass is 79.9. The van der Waals surface area contributed by atoms with Gasteiger partial charge in [0.2, 0.25) is 5.95 Å². The second-order valence-corrected chi connectivity index (χ2v) is 9.74. The van der Waals surface area contributed by atoms with Crippen LogP contribution in [0.1, 0.15) is 17.2 Å². The first-order valence-electron chi connectivity index (χ1n) is 12.0. The molecule has 0 aliphatic carbocycles. The SMILES string of the molecule is Cn1c(N2CCN(C(=O)OCc3ccccc3)C[C@H]2c2ccc(Br)cc2)nc(-c2ccncc2)cc1=O. The minimum absolute atomic E-state index is 0.156. The second-order valence-electron chi connectivity index (χ2n) is 8.82. The summed E-state index contributed by atoms with van der Waals surface area (Å²) in [6.07, 6.45) is 3.00. The Labute approximate surface area is 223 Å². The fourth-order valence-corrected chi connectivity index (χ4v) is 4.69. The number of hydrogen-bond acceptors (Lipinski definition) is 6. The van der Waals surface area contributed by atoms with E-state index < -0.39 is 0 Å². The smallest absolute Gasteiger partial charge is 0.410 e. The van der Waals surface area contributed by atoms with Crippen LogP contribution < -0.4 is 10.5 Å². The number of amides is 1. The normalized spacial score (nSPS) is 15.5. The molecule has 0 bridgehead atoms. The van der Waals surface area contributed by atoms with Crippen LogP contribution >= 0.6 is 15.9 Å². The number of rotatable bonds is 5. The van der Waals surface area contributed by atoms with E-state index in [0.29, 0.717) is 31.3 Å². The summed E-state index contributed by atoms with van der Waals surface area (Å²) < 4.78 is 8.13. The number of carbonyl (C=O) groups excluding carboxylic acids is 1. The minimum Gasteiger partial charge on any atom is -0.445 e. The molecule has 9 heteroatoms. The van der Waals surface area contributed by atoms with Crippen molar-refractivity contribution in [2.75, 3.05) is 24.5 Å². The summed E-state index contributed by atoms with van der Waals surface area (Å²) in [7, 11) is 1.72. The monoisotopic (exact) mass is 559 g/mol. The molecule has 2 aromatic carbocycles. The Morgan fingerprint density at radius 3 is 2.49 bits per heavy atom. The average Bonchev–Trinajstić information content (AvgIpc) is 2.94. The Hall–Kier alpha value is -3.98. The third kappa shape index (κ3) is 5.56. The van der Waals surface area contributed by atoms with Gasteiger partial charge in [-0.15, -0.1) is 0 Å². The molecule has 188 valence electrons. The number of pyridine rings is 1. The number of aromatic nitrogens is 3. The molecule has 1 amide bonds. The number of benzene rings is 2. The fraction of sp³-hybridized carbons (Fsp3) is 0.214. The van der Waals surface area contributed by atoms with Crippen molar-refractivity contribution in [3.8, 4) is 11.3 Å². The molecule has 1 fully saturated rings. The summed E-state index contributed by atoms with van der Waals surface area (Å²) in [5, 5.41) is 0. The number of hydrogen-bond donors (Lipinski definition) is 0. The molecule has 1 aliphatic rings. The summed E-state index contributed by atoms with van der Waals surface area (Å²) in [4.78, 5) is 38.7. The number of anilines is 1. The van der Waals surface area contributed by atoms with Gasteiger partial charge in [0.05, 0.1) is 11.7 Å². The standard InChI is InChI=1S/C28H26BrN5O3/c1-32-26(35)17-24(21-11-13-30-14-12-21)31-27(32)34-16-15-33(18-25(34)22-7-9-23(29)10-8-22)28(36)37-19-20-5-3-2-4-6-20/h2-14,17,25H,15-16,18-19H2,1H3/t25-/m0/s1. The fourth-order valence-electron chi connectivity index (χ4n) is 4.42. The Kier molecular flexibility index (Phi) is 7.32. The van der Waals surface area contributed by atoms with Crippen molar-refractivity contribution >= 4 is 28.0 Å². The van der Waals surface area contributed by atoms with Crippen molar-refractivity contribution in [3.05, 3.63) is 111 Å². The Bertz CT molecular complexity index is 1430. The Morgan fingerprint density at radius 1 is 1.03 bits per heavy atom. The van der Waals surface area contributed by atoms with E-state index in [1.807, 2.05) is 66.7 Å². The maximum absolute atomic E-state index is 13.0.